The van der Waals surface area contributed by atoms with Crippen molar-refractivity contribution in [2.24, 2.45) is 21.2 Å². The van der Waals surface area contributed by atoms with Gasteiger partial charge >= 0.3 is 0 Å². The topological polar surface area (TPSA) is 98.5 Å². The van der Waals surface area contributed by atoms with Gasteiger partial charge in [-0.25, -0.2) is 13.7 Å². The third kappa shape index (κ3) is 4.70. The molecule has 1 aromatic rings. The zero-order valence-corrected chi connectivity index (χ0v) is 11.7. The number of nitrogens with zero attached hydrogens (tertiary/aromatic N) is 1. The lowest BCUT2D eigenvalue weighted by molar-refractivity contribution is -0.119. The van der Waals surface area contributed by atoms with Crippen LogP contribution < -0.4 is 10.9 Å². The molecule has 0 aliphatic rings. The molecule has 4 N–H and O–H groups in total. The predicted octanol–water partition coefficient (Wildman–Crippen LogP) is 1.43. The highest BCUT2D eigenvalue weighted by Gasteiger charge is 2.18. The molecule has 0 aliphatic heterocycles. The normalized spacial score (nSPS) is 15.9. The van der Waals surface area contributed by atoms with E-state index >= 15 is 0 Å². The maximum atomic E-state index is 13.0. The summed E-state index contributed by atoms with van der Waals surface area (Å²) in [6.45, 7) is 3.80. The quantitative estimate of drug-likeness (QED) is 0.876. The number of nitrogens with two attached hydrogens (primary N) is 2. The van der Waals surface area contributed by atoms with Crippen LogP contribution in [0.2, 0.25) is 0 Å². The van der Waals surface area contributed by atoms with Crippen LogP contribution in [0.4, 0.5) is 4.39 Å². The fourth-order valence-electron chi connectivity index (χ4n) is 1.51. The third-order valence-electron chi connectivity index (χ3n) is 2.40. The molecule has 106 valence electrons. The first-order chi connectivity index (χ1) is 8.72. The van der Waals surface area contributed by atoms with Crippen LogP contribution in [-0.2, 0) is 14.7 Å². The first-order valence-electron chi connectivity index (χ1n) is 5.82. The minimum atomic E-state index is -3.46. The molecule has 0 aromatic heterocycles. The second-order valence-electron chi connectivity index (χ2n) is 4.69. The number of rotatable bonds is 4. The van der Waals surface area contributed by atoms with E-state index in [2.05, 4.69) is 4.36 Å². The van der Waals surface area contributed by atoms with Crippen molar-refractivity contribution < 1.29 is 13.4 Å². The summed E-state index contributed by atoms with van der Waals surface area (Å²) in [4.78, 5) is 11.7. The lowest BCUT2D eigenvalue weighted by Crippen LogP contribution is -2.32. The Kier molecular flexibility index (Phi) is 5.16. The van der Waals surface area contributed by atoms with Crippen molar-refractivity contribution in [1.29, 1.82) is 0 Å². The van der Waals surface area contributed by atoms with E-state index in [1.165, 1.54) is 18.2 Å². The molecule has 0 bridgehead atoms. The van der Waals surface area contributed by atoms with Crippen LogP contribution in [0.5, 0.6) is 0 Å². The van der Waals surface area contributed by atoms with Gasteiger partial charge in [0.2, 0.25) is 0 Å². The smallest absolute Gasteiger partial charge is 0.271 e. The molecule has 0 heterocycles. The van der Waals surface area contributed by atoms with Crippen LogP contribution in [0.3, 0.4) is 0 Å². The monoisotopic (exact) mass is 287 g/mol. The Morgan fingerprint density at radius 1 is 1.47 bits per heavy atom. The van der Waals surface area contributed by atoms with E-state index in [9.17, 15) is 13.4 Å². The van der Waals surface area contributed by atoms with Crippen LogP contribution in [0.15, 0.2) is 33.5 Å². The molecule has 1 rings (SSSR count). The summed E-state index contributed by atoms with van der Waals surface area (Å²) >= 11 is 0. The Morgan fingerprint density at radius 3 is 2.63 bits per heavy atom. The number of halogens is 1. The van der Waals surface area contributed by atoms with Crippen LogP contribution >= 0.6 is 0 Å². The Balaban J connectivity index is 3.03. The predicted molar refractivity (Wildman–Crippen MR) is 71.9 cm³/mol. The van der Waals surface area contributed by atoms with Crippen molar-refractivity contribution in [2.45, 2.75) is 31.2 Å². The molecule has 0 aliphatic carbocycles. The van der Waals surface area contributed by atoms with Gasteiger partial charge in [0.05, 0.1) is 10.9 Å². The molecule has 0 saturated carbocycles. The Hall–Kier alpha value is -1.31. The summed E-state index contributed by atoms with van der Waals surface area (Å²) < 4.78 is 28.6. The molecule has 0 saturated heterocycles. The van der Waals surface area contributed by atoms with E-state index in [0.29, 0.717) is 6.42 Å². The van der Waals surface area contributed by atoms with Gasteiger partial charge in [-0.2, -0.15) is 0 Å². The third-order valence-corrected chi connectivity index (χ3v) is 3.78. The van der Waals surface area contributed by atoms with Gasteiger partial charge in [-0.3, -0.25) is 4.79 Å². The van der Waals surface area contributed by atoms with Crippen LogP contribution in [0, 0.1) is 11.7 Å². The minimum Gasteiger partial charge on any atom is -0.320 e. The van der Waals surface area contributed by atoms with Gasteiger partial charge < -0.3 is 5.73 Å². The van der Waals surface area contributed by atoms with Crippen molar-refractivity contribution >= 4 is 15.8 Å². The van der Waals surface area contributed by atoms with Crippen molar-refractivity contribution in [1.82, 2.24) is 0 Å². The van der Waals surface area contributed by atoms with E-state index in [0.717, 1.165) is 6.07 Å². The zero-order chi connectivity index (χ0) is 14.6. The first kappa shape index (κ1) is 15.7. The fraction of sp³-hybridized carbons (Fsp3) is 0.417. The Labute approximate surface area is 112 Å². The average molecular weight is 287 g/mol. The molecule has 19 heavy (non-hydrogen) atoms. The van der Waals surface area contributed by atoms with Crippen molar-refractivity contribution in [3.8, 4) is 0 Å². The maximum Gasteiger partial charge on any atom is 0.271 e. The summed E-state index contributed by atoms with van der Waals surface area (Å²) in [6, 6.07) is 4.04. The van der Waals surface area contributed by atoms with Gasteiger partial charge in [-0.15, -0.1) is 4.36 Å². The van der Waals surface area contributed by atoms with Crippen LogP contribution in [-0.4, -0.2) is 16.2 Å². The summed E-state index contributed by atoms with van der Waals surface area (Å²) in [5.41, 5.74) is 5.63. The molecule has 7 heteroatoms. The molecule has 0 fully saturated rings. The van der Waals surface area contributed by atoms with Gasteiger partial charge in [0.25, 0.3) is 5.91 Å². The molecule has 1 aromatic carbocycles. The fourth-order valence-corrected chi connectivity index (χ4v) is 2.57. The van der Waals surface area contributed by atoms with Crippen LogP contribution in [0.1, 0.15) is 20.3 Å². The molecule has 0 spiro atoms. The highest BCUT2D eigenvalue weighted by molar-refractivity contribution is 7.91. The van der Waals surface area contributed by atoms with Crippen molar-refractivity contribution in [2.75, 3.05) is 0 Å². The number of carbonyl (C=O) groups is 1. The molecular weight excluding hydrogens is 269 g/mol. The number of benzene rings is 1. The standard InChI is InChI=1S/C12H18FN3O2S/c1-8(2)6-11(14)12(17)16-19(15,18)10-5-3-4-9(13)7-10/h3-5,7-8,11H,6,14H2,1-2H3,(H2,15,16,17,18)/t11-,19?/m0/s1. The van der Waals surface area contributed by atoms with Crippen molar-refractivity contribution in [3.63, 3.8) is 0 Å². The van der Waals surface area contributed by atoms with Gasteiger partial charge in [0.15, 0.2) is 0 Å². The maximum absolute atomic E-state index is 13.0. The molecule has 5 nitrogen and oxygen atoms in total. The van der Waals surface area contributed by atoms with E-state index in [-0.39, 0.29) is 10.8 Å². The second-order valence-corrected chi connectivity index (χ2v) is 6.48. The van der Waals surface area contributed by atoms with E-state index in [4.69, 9.17) is 10.9 Å². The molecule has 0 radical (unpaired) electrons. The van der Waals surface area contributed by atoms with Crippen molar-refractivity contribution in [3.05, 3.63) is 30.1 Å². The second kappa shape index (κ2) is 6.23. The first-order valence-corrected chi connectivity index (χ1v) is 7.40. The van der Waals surface area contributed by atoms with Gasteiger partial charge in [-0.1, -0.05) is 19.9 Å². The summed E-state index contributed by atoms with van der Waals surface area (Å²) in [5, 5.41) is 5.49. The largest absolute Gasteiger partial charge is 0.320 e. The summed E-state index contributed by atoms with van der Waals surface area (Å²) in [6.07, 6.45) is 0.418. The number of carbonyl (C=O) groups excluding carboxylic acids is 1. The molecule has 1 amide bonds. The highest BCUT2D eigenvalue weighted by atomic mass is 32.2. The average Bonchev–Trinajstić information content (AvgIpc) is 2.27. The number of hydrogen-bond acceptors (Lipinski definition) is 3. The Bertz CT molecular complexity index is 580. The van der Waals surface area contributed by atoms with Gasteiger partial charge in [0, 0.05) is 0 Å². The summed E-state index contributed by atoms with van der Waals surface area (Å²) in [5.74, 6) is -1.12. The lowest BCUT2D eigenvalue weighted by Gasteiger charge is -2.11. The van der Waals surface area contributed by atoms with Crippen LogP contribution in [0.25, 0.3) is 0 Å². The van der Waals surface area contributed by atoms with Gasteiger partial charge in [-0.05, 0) is 30.5 Å². The summed E-state index contributed by atoms with van der Waals surface area (Å²) in [7, 11) is -3.46. The molecule has 2 atom stereocenters. The lowest BCUT2D eigenvalue weighted by atomic mass is 10.0. The van der Waals surface area contributed by atoms with E-state index in [1.54, 1.807) is 0 Å². The minimum absolute atomic E-state index is 0.0300. The number of amides is 1. The number of hydrogen-bond donors (Lipinski definition) is 2. The van der Waals surface area contributed by atoms with E-state index < -0.39 is 27.7 Å². The molecule has 1 unspecified atom stereocenters. The molecular formula is C12H18FN3O2S. The SMILES string of the molecule is CC(C)C[C@H](N)C(=O)N=S(N)(=O)c1cccc(F)c1. The highest BCUT2D eigenvalue weighted by Crippen LogP contribution is 2.12. The van der Waals surface area contributed by atoms with E-state index in [1.807, 2.05) is 13.8 Å². The zero-order valence-electron chi connectivity index (χ0n) is 10.9. The van der Waals surface area contributed by atoms with Gasteiger partial charge in [0.1, 0.15) is 15.7 Å². The Morgan fingerprint density at radius 2 is 2.11 bits per heavy atom.